The third kappa shape index (κ3) is 6.75. The Hall–Kier alpha value is -3.35. The number of hydrogen-bond donors (Lipinski definition) is 3. The summed E-state index contributed by atoms with van der Waals surface area (Å²) < 4.78 is 5.09. The summed E-state index contributed by atoms with van der Waals surface area (Å²) in [6, 6.07) is 14.0. The number of anilines is 2. The van der Waals surface area contributed by atoms with E-state index in [0.717, 1.165) is 5.56 Å². The zero-order valence-electron chi connectivity index (χ0n) is 16.5. The maximum absolute atomic E-state index is 12.5. The van der Waals surface area contributed by atoms with E-state index in [9.17, 15) is 14.4 Å². The summed E-state index contributed by atoms with van der Waals surface area (Å²) in [5.41, 5.74) is 1.74. The second-order valence-corrected chi connectivity index (χ2v) is 7.27. The van der Waals surface area contributed by atoms with Crippen LogP contribution in [0.5, 0.6) is 0 Å². The molecule has 0 aliphatic carbocycles. The number of hydrogen-bond acceptors (Lipinski definition) is 4. The SMILES string of the molecule is Cc1cccc(C(=O)Nc2ccccc2NC(=O)CNC(=O)OC(C)(C)C)c1. The van der Waals surface area contributed by atoms with Gasteiger partial charge in [0, 0.05) is 5.56 Å². The quantitative estimate of drug-likeness (QED) is 0.733. The molecule has 0 aliphatic rings. The van der Waals surface area contributed by atoms with Crippen LogP contribution in [0.3, 0.4) is 0 Å². The molecule has 0 saturated carbocycles. The van der Waals surface area contributed by atoms with E-state index in [-0.39, 0.29) is 12.5 Å². The minimum atomic E-state index is -0.677. The van der Waals surface area contributed by atoms with Crippen molar-refractivity contribution >= 4 is 29.3 Å². The minimum absolute atomic E-state index is 0.255. The lowest BCUT2D eigenvalue weighted by Crippen LogP contribution is -2.37. The van der Waals surface area contributed by atoms with Crippen LogP contribution in [0.1, 0.15) is 36.7 Å². The van der Waals surface area contributed by atoms with Gasteiger partial charge in [0.15, 0.2) is 0 Å². The minimum Gasteiger partial charge on any atom is -0.444 e. The maximum atomic E-state index is 12.5. The van der Waals surface area contributed by atoms with Gasteiger partial charge in [-0.05, 0) is 52.0 Å². The van der Waals surface area contributed by atoms with Gasteiger partial charge < -0.3 is 20.7 Å². The molecule has 0 heterocycles. The van der Waals surface area contributed by atoms with Crippen molar-refractivity contribution in [2.45, 2.75) is 33.3 Å². The highest BCUT2D eigenvalue weighted by Gasteiger charge is 2.17. The molecule has 3 amide bonds. The van der Waals surface area contributed by atoms with Crippen molar-refractivity contribution in [1.82, 2.24) is 5.32 Å². The zero-order chi connectivity index (χ0) is 20.7. The Morgan fingerprint density at radius 1 is 0.929 bits per heavy atom. The number of rotatable bonds is 5. The Bertz CT molecular complexity index is 872. The number of para-hydroxylation sites is 2. The average molecular weight is 383 g/mol. The molecule has 0 unspecified atom stereocenters. The van der Waals surface area contributed by atoms with E-state index in [2.05, 4.69) is 16.0 Å². The first kappa shape index (κ1) is 21.0. The van der Waals surface area contributed by atoms with E-state index >= 15 is 0 Å². The van der Waals surface area contributed by atoms with Crippen LogP contribution in [-0.4, -0.2) is 30.1 Å². The highest BCUT2D eigenvalue weighted by molar-refractivity contribution is 6.07. The van der Waals surface area contributed by atoms with Crippen molar-refractivity contribution in [1.29, 1.82) is 0 Å². The topological polar surface area (TPSA) is 96.5 Å². The van der Waals surface area contributed by atoms with Crippen molar-refractivity contribution in [3.63, 3.8) is 0 Å². The van der Waals surface area contributed by atoms with E-state index in [4.69, 9.17) is 4.74 Å². The average Bonchev–Trinajstić information content (AvgIpc) is 2.60. The van der Waals surface area contributed by atoms with E-state index in [1.54, 1.807) is 63.2 Å². The molecular weight excluding hydrogens is 358 g/mol. The summed E-state index contributed by atoms with van der Waals surface area (Å²) >= 11 is 0. The van der Waals surface area contributed by atoms with Gasteiger partial charge in [0.2, 0.25) is 5.91 Å². The number of alkyl carbamates (subject to hydrolysis) is 1. The van der Waals surface area contributed by atoms with Gasteiger partial charge in [-0.2, -0.15) is 0 Å². The van der Waals surface area contributed by atoms with Crippen LogP contribution in [0.25, 0.3) is 0 Å². The lowest BCUT2D eigenvalue weighted by atomic mass is 10.1. The fourth-order valence-electron chi connectivity index (χ4n) is 2.34. The van der Waals surface area contributed by atoms with Crippen molar-refractivity contribution in [3.8, 4) is 0 Å². The van der Waals surface area contributed by atoms with Crippen molar-refractivity contribution in [2.75, 3.05) is 17.2 Å². The van der Waals surface area contributed by atoms with Crippen molar-refractivity contribution in [2.24, 2.45) is 0 Å². The third-order valence-electron chi connectivity index (χ3n) is 3.52. The number of benzene rings is 2. The molecule has 0 spiro atoms. The normalized spacial score (nSPS) is 10.7. The molecule has 3 N–H and O–H groups in total. The zero-order valence-corrected chi connectivity index (χ0v) is 16.5. The van der Waals surface area contributed by atoms with Gasteiger partial charge in [-0.25, -0.2) is 4.79 Å². The van der Waals surface area contributed by atoms with Crippen LogP contribution in [-0.2, 0) is 9.53 Å². The highest BCUT2D eigenvalue weighted by Crippen LogP contribution is 2.22. The number of nitrogens with one attached hydrogen (secondary N) is 3. The third-order valence-corrected chi connectivity index (χ3v) is 3.52. The molecule has 28 heavy (non-hydrogen) atoms. The monoisotopic (exact) mass is 383 g/mol. The number of carbonyl (C=O) groups is 3. The number of amides is 3. The van der Waals surface area contributed by atoms with Crippen LogP contribution >= 0.6 is 0 Å². The molecule has 0 saturated heterocycles. The molecule has 2 aromatic rings. The van der Waals surface area contributed by atoms with Gasteiger partial charge in [0.25, 0.3) is 5.91 Å². The van der Waals surface area contributed by atoms with Crippen molar-refractivity contribution < 1.29 is 19.1 Å². The molecule has 7 nitrogen and oxygen atoms in total. The summed E-state index contributed by atoms with van der Waals surface area (Å²) in [7, 11) is 0. The van der Waals surface area contributed by atoms with E-state index < -0.39 is 17.6 Å². The van der Waals surface area contributed by atoms with Gasteiger partial charge in [-0.1, -0.05) is 29.8 Å². The van der Waals surface area contributed by atoms with Gasteiger partial charge in [-0.15, -0.1) is 0 Å². The standard InChI is InChI=1S/C21H25N3O4/c1-14-8-7-9-15(12-14)19(26)24-17-11-6-5-10-16(17)23-18(25)13-22-20(27)28-21(2,3)4/h5-12H,13H2,1-4H3,(H,22,27)(H,23,25)(H,24,26). The highest BCUT2D eigenvalue weighted by atomic mass is 16.6. The van der Waals surface area contributed by atoms with Crippen LogP contribution in [0.2, 0.25) is 0 Å². The number of carbonyl (C=O) groups excluding carboxylic acids is 3. The van der Waals surface area contributed by atoms with Crippen LogP contribution in [0, 0.1) is 6.92 Å². The van der Waals surface area contributed by atoms with Gasteiger partial charge in [-0.3, -0.25) is 9.59 Å². The fourth-order valence-corrected chi connectivity index (χ4v) is 2.34. The summed E-state index contributed by atoms with van der Waals surface area (Å²) in [5.74, 6) is -0.722. The molecule has 2 aromatic carbocycles. The van der Waals surface area contributed by atoms with Gasteiger partial charge in [0.1, 0.15) is 12.1 Å². The van der Waals surface area contributed by atoms with E-state index in [0.29, 0.717) is 16.9 Å². The van der Waals surface area contributed by atoms with Gasteiger partial charge in [0.05, 0.1) is 11.4 Å². The predicted octanol–water partition coefficient (Wildman–Crippen LogP) is 3.71. The largest absolute Gasteiger partial charge is 0.444 e. The molecular formula is C21H25N3O4. The lowest BCUT2D eigenvalue weighted by Gasteiger charge is -2.19. The molecule has 148 valence electrons. The maximum Gasteiger partial charge on any atom is 0.408 e. The summed E-state index contributed by atoms with van der Waals surface area (Å²) in [5, 5.41) is 7.85. The van der Waals surface area contributed by atoms with Crippen molar-refractivity contribution in [3.05, 3.63) is 59.7 Å². The lowest BCUT2D eigenvalue weighted by molar-refractivity contribution is -0.115. The second kappa shape index (κ2) is 9.03. The first-order valence-electron chi connectivity index (χ1n) is 8.88. The second-order valence-electron chi connectivity index (χ2n) is 7.27. The molecule has 0 aromatic heterocycles. The molecule has 0 atom stereocenters. The first-order valence-corrected chi connectivity index (χ1v) is 8.88. The fraction of sp³-hybridized carbons (Fsp3) is 0.286. The Balaban J connectivity index is 1.98. The molecule has 0 aliphatic heterocycles. The number of aryl methyl sites for hydroxylation is 1. The Morgan fingerprint density at radius 2 is 1.57 bits per heavy atom. The molecule has 0 radical (unpaired) electrons. The van der Waals surface area contributed by atoms with Crippen LogP contribution < -0.4 is 16.0 Å². The van der Waals surface area contributed by atoms with E-state index in [1.165, 1.54) is 0 Å². The molecule has 0 bridgehead atoms. The van der Waals surface area contributed by atoms with E-state index in [1.807, 2.05) is 13.0 Å². The Kier molecular flexibility index (Phi) is 6.76. The molecule has 0 fully saturated rings. The predicted molar refractivity (Wildman–Crippen MR) is 108 cm³/mol. The number of ether oxygens (including phenoxy) is 1. The molecule has 2 rings (SSSR count). The summed E-state index contributed by atoms with van der Waals surface area (Å²) in [6.07, 6.45) is -0.677. The Morgan fingerprint density at radius 3 is 2.18 bits per heavy atom. The van der Waals surface area contributed by atoms with Crippen LogP contribution in [0.4, 0.5) is 16.2 Å². The molecule has 7 heteroatoms. The van der Waals surface area contributed by atoms with Gasteiger partial charge >= 0.3 is 6.09 Å². The van der Waals surface area contributed by atoms with Crippen LogP contribution in [0.15, 0.2) is 48.5 Å². The summed E-state index contributed by atoms with van der Waals surface area (Å²) in [4.78, 5) is 36.2. The smallest absolute Gasteiger partial charge is 0.408 e. The first-order chi connectivity index (χ1) is 13.1. The summed E-state index contributed by atoms with van der Waals surface area (Å²) in [6.45, 7) is 6.86. The Labute approximate surface area is 164 Å².